The topological polar surface area (TPSA) is 42.0 Å². The van der Waals surface area contributed by atoms with Crippen molar-refractivity contribution in [3.63, 3.8) is 0 Å². The number of ether oxygens (including phenoxy) is 2. The maximum absolute atomic E-state index is 13.4. The van der Waals surface area contributed by atoms with E-state index in [1.807, 2.05) is 49.3 Å². The summed E-state index contributed by atoms with van der Waals surface area (Å²) in [5.74, 6) is 0.497. The molecular weight excluding hydrogens is 364 g/mol. The van der Waals surface area contributed by atoms with Crippen LogP contribution in [-0.2, 0) is 4.74 Å². The van der Waals surface area contributed by atoms with E-state index in [0.717, 1.165) is 12.1 Å². The minimum atomic E-state index is -0.167. The second-order valence-corrected chi connectivity index (χ2v) is 7.34. The number of hydrogen-bond acceptors (Lipinski definition) is 4. The van der Waals surface area contributed by atoms with Crippen LogP contribution in [0.3, 0.4) is 0 Å². The van der Waals surface area contributed by atoms with Gasteiger partial charge in [0, 0.05) is 23.7 Å². The number of methoxy groups -OCH3 is 1. The van der Waals surface area contributed by atoms with Gasteiger partial charge in [0.2, 0.25) is 0 Å². The summed E-state index contributed by atoms with van der Waals surface area (Å²) in [6.45, 7) is 1.75. The minimum Gasteiger partial charge on any atom is -0.497 e. The smallest absolute Gasteiger partial charge is 0.254 e. The van der Waals surface area contributed by atoms with Gasteiger partial charge in [-0.2, -0.15) is 0 Å². The highest BCUT2D eigenvalue weighted by Crippen LogP contribution is 2.32. The molecule has 144 valence electrons. The zero-order valence-electron chi connectivity index (χ0n) is 15.9. The highest BCUT2D eigenvalue weighted by Gasteiger charge is 2.37. The van der Waals surface area contributed by atoms with Gasteiger partial charge >= 0.3 is 0 Å². The molecule has 0 aromatic heterocycles. The molecule has 0 unspecified atom stereocenters. The zero-order chi connectivity index (χ0) is 19.4. The summed E-state index contributed by atoms with van der Waals surface area (Å²) >= 11 is 6.18. The molecule has 3 rings (SSSR count). The molecule has 1 aliphatic rings. The van der Waals surface area contributed by atoms with E-state index >= 15 is 0 Å². The lowest BCUT2D eigenvalue weighted by atomic mass is 9.96. The molecular formula is C21H25ClN2O3. The van der Waals surface area contributed by atoms with Crippen LogP contribution in [0.25, 0.3) is 0 Å². The van der Waals surface area contributed by atoms with E-state index in [2.05, 4.69) is 4.90 Å². The summed E-state index contributed by atoms with van der Waals surface area (Å²) < 4.78 is 11.3. The van der Waals surface area contributed by atoms with E-state index < -0.39 is 0 Å². The highest BCUT2D eigenvalue weighted by atomic mass is 35.5. The number of hydrogen-bond donors (Lipinski definition) is 0. The van der Waals surface area contributed by atoms with Crippen molar-refractivity contribution in [2.75, 3.05) is 40.9 Å². The molecule has 0 N–H and O–H groups in total. The number of benzene rings is 2. The Balaban J connectivity index is 1.98. The fourth-order valence-electron chi connectivity index (χ4n) is 3.49. The number of nitrogens with zero attached hydrogens (tertiary/aromatic N) is 2. The third-order valence-corrected chi connectivity index (χ3v) is 4.87. The van der Waals surface area contributed by atoms with Gasteiger partial charge in [0.15, 0.2) is 0 Å². The van der Waals surface area contributed by atoms with Crippen LogP contribution in [0.4, 0.5) is 0 Å². The fraction of sp³-hybridized carbons (Fsp3) is 0.381. The van der Waals surface area contributed by atoms with E-state index in [9.17, 15) is 4.79 Å². The molecule has 0 bridgehead atoms. The van der Waals surface area contributed by atoms with Crippen LogP contribution < -0.4 is 4.74 Å². The second kappa shape index (κ2) is 8.74. The molecule has 1 fully saturated rings. The summed E-state index contributed by atoms with van der Waals surface area (Å²) in [5, 5.41) is 0.479. The number of rotatable bonds is 5. The predicted molar refractivity (Wildman–Crippen MR) is 107 cm³/mol. The van der Waals surface area contributed by atoms with Crippen molar-refractivity contribution in [3.05, 3.63) is 64.7 Å². The standard InChI is InChI=1S/C21H25ClN2O3/c1-23(2)14-19-20(15-7-5-4-6-8-15)24(9-10-27-19)21(25)16-11-17(22)13-18(12-16)26-3/h4-8,11-13,19-20H,9-10,14H2,1-3H3/t19-,20-/m0/s1. The van der Waals surface area contributed by atoms with Crippen LogP contribution >= 0.6 is 11.6 Å². The van der Waals surface area contributed by atoms with Gasteiger partial charge in [-0.05, 0) is 37.9 Å². The van der Waals surface area contributed by atoms with Crippen molar-refractivity contribution < 1.29 is 14.3 Å². The summed E-state index contributed by atoms with van der Waals surface area (Å²) in [5.41, 5.74) is 1.58. The molecule has 0 radical (unpaired) electrons. The van der Waals surface area contributed by atoms with E-state index in [0.29, 0.717) is 29.5 Å². The van der Waals surface area contributed by atoms with Crippen LogP contribution in [0.2, 0.25) is 5.02 Å². The summed E-state index contributed by atoms with van der Waals surface area (Å²) in [4.78, 5) is 17.3. The van der Waals surface area contributed by atoms with Gasteiger partial charge in [0.05, 0.1) is 25.9 Å². The Kier molecular flexibility index (Phi) is 6.37. The molecule has 0 saturated carbocycles. The number of halogens is 1. The van der Waals surface area contributed by atoms with Gasteiger partial charge in [-0.3, -0.25) is 4.79 Å². The molecule has 5 nitrogen and oxygen atoms in total. The Morgan fingerprint density at radius 2 is 2.00 bits per heavy atom. The van der Waals surface area contributed by atoms with Crippen LogP contribution in [0, 0.1) is 0 Å². The first kappa shape index (κ1) is 19.7. The molecule has 2 aromatic carbocycles. The number of carbonyl (C=O) groups is 1. The first-order chi connectivity index (χ1) is 13.0. The average Bonchev–Trinajstić information content (AvgIpc) is 2.67. The van der Waals surface area contributed by atoms with Crippen molar-refractivity contribution >= 4 is 17.5 Å². The number of carbonyl (C=O) groups excluding carboxylic acids is 1. The number of morpholine rings is 1. The Bertz CT molecular complexity index is 782. The average molecular weight is 389 g/mol. The molecule has 2 atom stereocenters. The molecule has 1 amide bonds. The van der Waals surface area contributed by atoms with Crippen LogP contribution in [0.1, 0.15) is 22.0 Å². The highest BCUT2D eigenvalue weighted by molar-refractivity contribution is 6.31. The molecule has 0 spiro atoms. The van der Waals surface area contributed by atoms with Gasteiger partial charge in [0.1, 0.15) is 5.75 Å². The first-order valence-electron chi connectivity index (χ1n) is 8.96. The quantitative estimate of drug-likeness (QED) is 0.786. The Morgan fingerprint density at radius 3 is 2.67 bits per heavy atom. The van der Waals surface area contributed by atoms with Gasteiger partial charge in [0.25, 0.3) is 5.91 Å². The van der Waals surface area contributed by atoms with E-state index in [1.54, 1.807) is 25.3 Å². The van der Waals surface area contributed by atoms with Crippen molar-refractivity contribution in [2.24, 2.45) is 0 Å². The van der Waals surface area contributed by atoms with E-state index in [4.69, 9.17) is 21.1 Å². The van der Waals surface area contributed by atoms with Crippen LogP contribution in [0.5, 0.6) is 5.75 Å². The molecule has 1 aliphatic heterocycles. The normalized spacial score (nSPS) is 20.0. The predicted octanol–water partition coefficient (Wildman–Crippen LogP) is 3.49. The summed E-state index contributed by atoms with van der Waals surface area (Å²) in [6, 6.07) is 15.0. The lowest BCUT2D eigenvalue weighted by molar-refractivity contribution is -0.0684. The molecule has 1 saturated heterocycles. The lowest BCUT2D eigenvalue weighted by Crippen LogP contribution is -2.51. The largest absolute Gasteiger partial charge is 0.497 e. The third-order valence-electron chi connectivity index (χ3n) is 4.65. The summed E-state index contributed by atoms with van der Waals surface area (Å²) in [7, 11) is 5.58. The van der Waals surface area contributed by atoms with Gasteiger partial charge in [-0.1, -0.05) is 41.9 Å². The van der Waals surface area contributed by atoms with Crippen LogP contribution in [-0.4, -0.2) is 62.7 Å². The molecule has 6 heteroatoms. The molecule has 27 heavy (non-hydrogen) atoms. The zero-order valence-corrected chi connectivity index (χ0v) is 16.6. The van der Waals surface area contributed by atoms with E-state index in [-0.39, 0.29) is 18.1 Å². The van der Waals surface area contributed by atoms with Gasteiger partial charge in [-0.25, -0.2) is 0 Å². The monoisotopic (exact) mass is 388 g/mol. The number of likely N-dealkylation sites (N-methyl/N-ethyl adjacent to an activating group) is 1. The third kappa shape index (κ3) is 4.61. The Hall–Kier alpha value is -2.08. The van der Waals surface area contributed by atoms with Crippen molar-refractivity contribution in [3.8, 4) is 5.75 Å². The Labute approximate surface area is 165 Å². The van der Waals surface area contributed by atoms with Crippen molar-refractivity contribution in [1.29, 1.82) is 0 Å². The molecule has 2 aromatic rings. The first-order valence-corrected chi connectivity index (χ1v) is 9.34. The Morgan fingerprint density at radius 1 is 1.26 bits per heavy atom. The molecule has 0 aliphatic carbocycles. The van der Waals surface area contributed by atoms with Crippen molar-refractivity contribution in [1.82, 2.24) is 9.80 Å². The lowest BCUT2D eigenvalue weighted by Gasteiger charge is -2.42. The maximum Gasteiger partial charge on any atom is 0.254 e. The fourth-order valence-corrected chi connectivity index (χ4v) is 3.71. The van der Waals surface area contributed by atoms with Gasteiger partial charge in [-0.15, -0.1) is 0 Å². The van der Waals surface area contributed by atoms with E-state index in [1.165, 1.54) is 0 Å². The van der Waals surface area contributed by atoms with Crippen molar-refractivity contribution in [2.45, 2.75) is 12.1 Å². The van der Waals surface area contributed by atoms with Gasteiger partial charge < -0.3 is 19.3 Å². The summed E-state index contributed by atoms with van der Waals surface area (Å²) in [6.07, 6.45) is -0.110. The second-order valence-electron chi connectivity index (χ2n) is 6.91. The molecule has 1 heterocycles. The SMILES string of the molecule is COc1cc(Cl)cc(C(=O)N2CCO[C@@H](CN(C)C)[C@@H]2c2ccccc2)c1. The maximum atomic E-state index is 13.4. The minimum absolute atomic E-state index is 0.0725. The number of amides is 1. The van der Waals surface area contributed by atoms with Crippen LogP contribution in [0.15, 0.2) is 48.5 Å².